The maximum absolute atomic E-state index is 5.00. The summed E-state index contributed by atoms with van der Waals surface area (Å²) in [6, 6.07) is 8.71. The molecule has 0 heterocycles. The van der Waals surface area contributed by atoms with Gasteiger partial charge in [0, 0.05) is 18.1 Å². The van der Waals surface area contributed by atoms with Gasteiger partial charge in [0.1, 0.15) is 0 Å². The van der Waals surface area contributed by atoms with Crippen LogP contribution in [0.4, 0.5) is 0 Å². The third-order valence-corrected chi connectivity index (χ3v) is 3.64. The lowest BCUT2D eigenvalue weighted by Gasteiger charge is -2.03. The summed E-state index contributed by atoms with van der Waals surface area (Å²) in [5.41, 5.74) is 1.47. The fraction of sp³-hybridized carbons (Fsp3) is 0.538. The molecule has 1 aliphatic carbocycles. The highest BCUT2D eigenvalue weighted by Crippen LogP contribution is 2.46. The van der Waals surface area contributed by atoms with Crippen LogP contribution >= 0.6 is 15.9 Å². The predicted molar refractivity (Wildman–Crippen MR) is 69.7 cm³/mol. The second kappa shape index (κ2) is 5.80. The third kappa shape index (κ3) is 3.30. The average molecular weight is 284 g/mol. The van der Waals surface area contributed by atoms with Crippen LogP contribution < -0.4 is 5.32 Å². The Bertz CT molecular complexity index is 325. The minimum atomic E-state index is 0.767. The van der Waals surface area contributed by atoms with Crippen molar-refractivity contribution >= 4 is 15.9 Å². The van der Waals surface area contributed by atoms with Crippen LogP contribution in [-0.2, 0) is 4.74 Å². The van der Waals surface area contributed by atoms with E-state index in [1.807, 2.05) is 0 Å². The molecule has 0 bridgehead atoms. The number of nitrogens with one attached hydrogen (secondary N) is 1. The van der Waals surface area contributed by atoms with Crippen LogP contribution in [0.2, 0.25) is 0 Å². The highest BCUT2D eigenvalue weighted by molar-refractivity contribution is 9.10. The van der Waals surface area contributed by atoms with Gasteiger partial charge in [-0.3, -0.25) is 0 Å². The summed E-state index contributed by atoms with van der Waals surface area (Å²) in [7, 11) is 1.74. The first-order chi connectivity index (χ1) is 7.81. The van der Waals surface area contributed by atoms with E-state index in [4.69, 9.17) is 4.74 Å². The smallest absolute Gasteiger partial charge is 0.0587 e. The first-order valence-corrected chi connectivity index (χ1v) is 6.55. The second-order valence-electron chi connectivity index (χ2n) is 4.35. The van der Waals surface area contributed by atoms with Crippen molar-refractivity contribution < 1.29 is 4.74 Å². The molecule has 0 aliphatic heterocycles. The van der Waals surface area contributed by atoms with Gasteiger partial charge in [0.05, 0.1) is 6.61 Å². The molecule has 2 unspecified atom stereocenters. The van der Waals surface area contributed by atoms with Gasteiger partial charge >= 0.3 is 0 Å². The van der Waals surface area contributed by atoms with Crippen molar-refractivity contribution in [2.75, 3.05) is 26.8 Å². The molecule has 2 nitrogen and oxygen atoms in total. The molecule has 88 valence electrons. The second-order valence-corrected chi connectivity index (χ2v) is 5.27. The fourth-order valence-corrected chi connectivity index (χ4v) is 2.32. The Morgan fingerprint density at radius 2 is 2.12 bits per heavy atom. The molecule has 2 rings (SSSR count). The average Bonchev–Trinajstić information content (AvgIpc) is 3.05. The van der Waals surface area contributed by atoms with Crippen molar-refractivity contribution in [2.24, 2.45) is 5.92 Å². The van der Waals surface area contributed by atoms with E-state index in [0.717, 1.165) is 36.0 Å². The number of hydrogen-bond donors (Lipinski definition) is 1. The highest BCUT2D eigenvalue weighted by atomic mass is 79.9. The van der Waals surface area contributed by atoms with Gasteiger partial charge in [-0.25, -0.2) is 0 Å². The van der Waals surface area contributed by atoms with E-state index < -0.39 is 0 Å². The summed E-state index contributed by atoms with van der Waals surface area (Å²) >= 11 is 3.46. The molecule has 1 fully saturated rings. The number of hydrogen-bond acceptors (Lipinski definition) is 2. The van der Waals surface area contributed by atoms with Gasteiger partial charge < -0.3 is 10.1 Å². The van der Waals surface area contributed by atoms with E-state index in [2.05, 4.69) is 45.5 Å². The SMILES string of the molecule is COCCNCC1CC1c1ccc(Br)cc1. The van der Waals surface area contributed by atoms with E-state index >= 15 is 0 Å². The lowest BCUT2D eigenvalue weighted by molar-refractivity contribution is 0.199. The molecule has 0 spiro atoms. The molecule has 0 amide bonds. The van der Waals surface area contributed by atoms with Gasteiger partial charge in [-0.2, -0.15) is 0 Å². The summed E-state index contributed by atoms with van der Waals surface area (Å²) in [5.74, 6) is 1.58. The summed E-state index contributed by atoms with van der Waals surface area (Å²) < 4.78 is 6.16. The van der Waals surface area contributed by atoms with Gasteiger partial charge in [-0.15, -0.1) is 0 Å². The predicted octanol–water partition coefficient (Wildman–Crippen LogP) is 2.79. The van der Waals surface area contributed by atoms with Crippen LogP contribution in [0.3, 0.4) is 0 Å². The van der Waals surface area contributed by atoms with Crippen LogP contribution in [-0.4, -0.2) is 26.8 Å². The fourth-order valence-electron chi connectivity index (χ4n) is 2.05. The molecule has 2 atom stereocenters. The summed E-state index contributed by atoms with van der Waals surface area (Å²) in [6.45, 7) is 2.87. The van der Waals surface area contributed by atoms with E-state index in [0.29, 0.717) is 0 Å². The topological polar surface area (TPSA) is 21.3 Å². The Morgan fingerprint density at radius 3 is 2.81 bits per heavy atom. The first kappa shape index (κ1) is 12.1. The maximum atomic E-state index is 5.00. The molecular weight excluding hydrogens is 266 g/mol. The number of ether oxygens (including phenoxy) is 1. The van der Waals surface area contributed by atoms with Gasteiger partial charge in [0.15, 0.2) is 0 Å². The van der Waals surface area contributed by atoms with Gasteiger partial charge in [-0.05, 0) is 42.5 Å². The molecule has 1 aromatic rings. The summed E-state index contributed by atoms with van der Waals surface area (Å²) in [6.07, 6.45) is 1.32. The molecule has 1 N–H and O–H groups in total. The van der Waals surface area contributed by atoms with Crippen LogP contribution in [0.5, 0.6) is 0 Å². The third-order valence-electron chi connectivity index (χ3n) is 3.11. The van der Waals surface area contributed by atoms with E-state index in [9.17, 15) is 0 Å². The van der Waals surface area contributed by atoms with Crippen LogP contribution in [0.25, 0.3) is 0 Å². The minimum Gasteiger partial charge on any atom is -0.383 e. The van der Waals surface area contributed by atoms with E-state index in [-0.39, 0.29) is 0 Å². The monoisotopic (exact) mass is 283 g/mol. The van der Waals surface area contributed by atoms with E-state index in [1.165, 1.54) is 12.0 Å². The van der Waals surface area contributed by atoms with Gasteiger partial charge in [0.25, 0.3) is 0 Å². The maximum Gasteiger partial charge on any atom is 0.0587 e. The Hall–Kier alpha value is -0.380. The molecule has 1 aromatic carbocycles. The Balaban J connectivity index is 1.72. The lowest BCUT2D eigenvalue weighted by atomic mass is 10.1. The highest BCUT2D eigenvalue weighted by Gasteiger charge is 2.37. The van der Waals surface area contributed by atoms with Crippen molar-refractivity contribution in [1.82, 2.24) is 5.32 Å². The van der Waals surface area contributed by atoms with Crippen molar-refractivity contribution in [1.29, 1.82) is 0 Å². The Morgan fingerprint density at radius 1 is 1.38 bits per heavy atom. The van der Waals surface area contributed by atoms with Crippen molar-refractivity contribution in [3.05, 3.63) is 34.3 Å². The number of rotatable bonds is 6. The normalized spacial score (nSPS) is 23.4. The van der Waals surface area contributed by atoms with Gasteiger partial charge in [0.2, 0.25) is 0 Å². The summed E-state index contributed by atoms with van der Waals surface area (Å²) in [4.78, 5) is 0. The molecular formula is C13H18BrNO. The molecule has 3 heteroatoms. The van der Waals surface area contributed by atoms with Crippen molar-refractivity contribution in [3.8, 4) is 0 Å². The number of benzene rings is 1. The van der Waals surface area contributed by atoms with E-state index in [1.54, 1.807) is 7.11 Å². The van der Waals surface area contributed by atoms with Gasteiger partial charge in [-0.1, -0.05) is 28.1 Å². The molecule has 1 saturated carbocycles. The zero-order valence-corrected chi connectivity index (χ0v) is 11.2. The number of halogens is 1. The molecule has 1 aliphatic rings. The largest absolute Gasteiger partial charge is 0.383 e. The van der Waals surface area contributed by atoms with Crippen LogP contribution in [0.1, 0.15) is 17.9 Å². The molecule has 0 radical (unpaired) electrons. The van der Waals surface area contributed by atoms with Crippen molar-refractivity contribution in [3.63, 3.8) is 0 Å². The first-order valence-electron chi connectivity index (χ1n) is 5.76. The Labute approximate surface area is 106 Å². The molecule has 0 aromatic heterocycles. The Kier molecular flexibility index (Phi) is 4.38. The zero-order valence-electron chi connectivity index (χ0n) is 9.58. The molecule has 0 saturated heterocycles. The standard InChI is InChI=1S/C13H18BrNO/c1-16-7-6-15-9-11-8-13(11)10-2-4-12(14)5-3-10/h2-5,11,13,15H,6-9H2,1H3. The lowest BCUT2D eigenvalue weighted by Crippen LogP contribution is -2.21. The summed E-state index contributed by atoms with van der Waals surface area (Å²) in [5, 5.41) is 3.43. The van der Waals surface area contributed by atoms with Crippen LogP contribution in [0.15, 0.2) is 28.7 Å². The zero-order chi connectivity index (χ0) is 11.4. The minimum absolute atomic E-state index is 0.767. The number of methoxy groups -OCH3 is 1. The van der Waals surface area contributed by atoms with Crippen LogP contribution in [0, 0.1) is 5.92 Å². The quantitative estimate of drug-likeness (QED) is 0.811. The van der Waals surface area contributed by atoms with Crippen molar-refractivity contribution in [2.45, 2.75) is 12.3 Å². The molecule has 16 heavy (non-hydrogen) atoms.